The number of likely N-dealkylation sites (tertiary alicyclic amines) is 1. The zero-order valence-electron chi connectivity index (χ0n) is 15.9. The molecule has 1 aromatic carbocycles. The minimum absolute atomic E-state index is 0.0563. The molecule has 0 bridgehead atoms. The molecule has 1 saturated heterocycles. The molecule has 28 heavy (non-hydrogen) atoms. The fourth-order valence-electron chi connectivity index (χ4n) is 4.61. The van der Waals surface area contributed by atoms with Crippen LogP contribution in [0.25, 0.3) is 11.3 Å². The number of piperidine rings is 1. The minimum atomic E-state index is -0.0898. The van der Waals surface area contributed by atoms with Crippen molar-refractivity contribution >= 4 is 5.91 Å². The molecule has 0 saturated carbocycles. The highest BCUT2D eigenvalue weighted by molar-refractivity contribution is 5.92. The Morgan fingerprint density at radius 3 is 2.93 bits per heavy atom. The van der Waals surface area contributed by atoms with Gasteiger partial charge in [-0.1, -0.05) is 35.5 Å². The van der Waals surface area contributed by atoms with Crippen molar-refractivity contribution in [2.75, 3.05) is 13.1 Å². The first-order valence-corrected chi connectivity index (χ1v) is 9.79. The first-order valence-electron chi connectivity index (χ1n) is 9.79. The van der Waals surface area contributed by atoms with Gasteiger partial charge < -0.3 is 9.42 Å². The molecule has 2 aromatic heterocycles. The molecule has 1 amide bonds. The summed E-state index contributed by atoms with van der Waals surface area (Å²) in [5.74, 6) is 1.01. The Labute approximate surface area is 163 Å². The number of carbonyl (C=O) groups is 1. The zero-order valence-corrected chi connectivity index (χ0v) is 15.9. The minimum Gasteiger partial charge on any atom is -0.350 e. The molecule has 0 radical (unpaired) electrons. The first-order chi connectivity index (χ1) is 13.6. The van der Waals surface area contributed by atoms with Crippen LogP contribution in [-0.2, 0) is 11.8 Å². The normalized spacial score (nSPS) is 21.1. The molecular weight excluding hydrogens is 352 g/mol. The van der Waals surface area contributed by atoms with Crippen LogP contribution in [0.5, 0.6) is 0 Å². The van der Waals surface area contributed by atoms with E-state index < -0.39 is 0 Å². The lowest BCUT2D eigenvalue weighted by Gasteiger charge is -2.40. The van der Waals surface area contributed by atoms with Crippen LogP contribution in [-0.4, -0.2) is 39.0 Å². The highest BCUT2D eigenvalue weighted by Gasteiger charge is 2.45. The van der Waals surface area contributed by atoms with Gasteiger partial charge in [-0.2, -0.15) is 0 Å². The Morgan fingerprint density at radius 2 is 2.07 bits per heavy atom. The van der Waals surface area contributed by atoms with E-state index in [1.807, 2.05) is 48.4 Å². The molecule has 142 valence electrons. The van der Waals surface area contributed by atoms with Crippen LogP contribution in [0.15, 0.2) is 47.1 Å². The van der Waals surface area contributed by atoms with Crippen LogP contribution in [0.3, 0.4) is 0 Å². The van der Waals surface area contributed by atoms with Gasteiger partial charge in [-0.25, -0.2) is 9.97 Å². The third kappa shape index (κ3) is 2.80. The Morgan fingerprint density at radius 1 is 1.21 bits per heavy atom. The molecule has 0 N–H and O–H groups in total. The number of benzene rings is 1. The molecule has 1 spiro atoms. The molecule has 2 aliphatic rings. The first kappa shape index (κ1) is 17.1. The molecular formula is C22H22N4O2. The van der Waals surface area contributed by atoms with Gasteiger partial charge in [0.1, 0.15) is 11.5 Å². The van der Waals surface area contributed by atoms with E-state index in [-0.39, 0.29) is 11.3 Å². The number of rotatable bonds is 2. The van der Waals surface area contributed by atoms with E-state index in [1.165, 1.54) is 5.56 Å². The smallest absolute Gasteiger partial charge is 0.292 e. The Kier molecular flexibility index (Phi) is 4.00. The highest BCUT2D eigenvalue weighted by Crippen LogP contribution is 2.44. The molecule has 1 fully saturated rings. The van der Waals surface area contributed by atoms with Crippen LogP contribution in [0, 0.1) is 6.92 Å². The van der Waals surface area contributed by atoms with E-state index in [4.69, 9.17) is 9.51 Å². The Hall–Kier alpha value is -3.02. The maximum Gasteiger partial charge on any atom is 0.292 e. The number of aromatic nitrogens is 3. The summed E-state index contributed by atoms with van der Waals surface area (Å²) in [6, 6.07) is 11.5. The van der Waals surface area contributed by atoms with Gasteiger partial charge in [-0.3, -0.25) is 4.79 Å². The molecule has 6 nitrogen and oxygen atoms in total. The van der Waals surface area contributed by atoms with Crippen LogP contribution >= 0.6 is 0 Å². The summed E-state index contributed by atoms with van der Waals surface area (Å²) in [6.45, 7) is 3.34. The van der Waals surface area contributed by atoms with Crippen LogP contribution < -0.4 is 0 Å². The topological polar surface area (TPSA) is 72.1 Å². The van der Waals surface area contributed by atoms with Crippen molar-refractivity contribution in [3.8, 4) is 11.3 Å². The van der Waals surface area contributed by atoms with E-state index in [2.05, 4.69) is 10.1 Å². The van der Waals surface area contributed by atoms with Crippen LogP contribution in [0.4, 0.5) is 0 Å². The fraction of sp³-hybridized carbons (Fsp3) is 0.364. The number of hydrogen-bond donors (Lipinski definition) is 0. The third-order valence-corrected chi connectivity index (χ3v) is 6.01. The van der Waals surface area contributed by atoms with Gasteiger partial charge in [0.05, 0.1) is 5.69 Å². The van der Waals surface area contributed by atoms with Gasteiger partial charge in [0, 0.05) is 36.3 Å². The number of hydrogen-bond acceptors (Lipinski definition) is 5. The van der Waals surface area contributed by atoms with Crippen molar-refractivity contribution in [1.29, 1.82) is 0 Å². The lowest BCUT2D eigenvalue weighted by Crippen LogP contribution is -2.48. The molecule has 1 aliphatic heterocycles. The second kappa shape index (κ2) is 6.55. The maximum absolute atomic E-state index is 13.1. The average molecular weight is 374 g/mol. The van der Waals surface area contributed by atoms with Crippen LogP contribution in [0.2, 0.25) is 0 Å². The second-order valence-electron chi connectivity index (χ2n) is 7.84. The van der Waals surface area contributed by atoms with Crippen molar-refractivity contribution < 1.29 is 9.32 Å². The predicted molar refractivity (Wildman–Crippen MR) is 104 cm³/mol. The number of amides is 1. The summed E-state index contributed by atoms with van der Waals surface area (Å²) in [5.41, 5.74) is 3.94. The largest absolute Gasteiger partial charge is 0.350 e. The van der Waals surface area contributed by atoms with E-state index in [0.29, 0.717) is 18.0 Å². The Bertz CT molecular complexity index is 1030. The van der Waals surface area contributed by atoms with E-state index >= 15 is 0 Å². The lowest BCUT2D eigenvalue weighted by molar-refractivity contribution is 0.0592. The van der Waals surface area contributed by atoms with Gasteiger partial charge in [0.25, 0.3) is 5.91 Å². The zero-order chi connectivity index (χ0) is 19.1. The van der Waals surface area contributed by atoms with Crippen molar-refractivity contribution in [3.05, 3.63) is 65.4 Å². The number of nitrogens with zero attached hydrogens (tertiary/aromatic N) is 4. The summed E-state index contributed by atoms with van der Waals surface area (Å²) in [4.78, 5) is 24.1. The van der Waals surface area contributed by atoms with Crippen molar-refractivity contribution in [3.63, 3.8) is 0 Å². The van der Waals surface area contributed by atoms with E-state index in [9.17, 15) is 4.79 Å². The number of fused-ring (bicyclic) bond motifs is 2. The van der Waals surface area contributed by atoms with Gasteiger partial charge >= 0.3 is 0 Å². The summed E-state index contributed by atoms with van der Waals surface area (Å²) >= 11 is 0. The standard InChI is InChI=1S/C22H22N4O2/c1-15-23-13-17-8-10-22(20(17)24-15)9-5-11-26(14-22)21(27)19-12-18(25-28-19)16-6-3-2-4-7-16/h2-4,6-7,12-13H,5,8-11,14H2,1H3. The van der Waals surface area contributed by atoms with Crippen LogP contribution in [0.1, 0.15) is 46.9 Å². The predicted octanol–water partition coefficient (Wildman–Crippen LogP) is 3.56. The summed E-state index contributed by atoms with van der Waals surface area (Å²) in [7, 11) is 0. The van der Waals surface area contributed by atoms with Gasteiger partial charge in [-0.05, 0) is 38.2 Å². The quantitative estimate of drug-likeness (QED) is 0.686. The average Bonchev–Trinajstić information content (AvgIpc) is 3.35. The van der Waals surface area contributed by atoms with Crippen molar-refractivity contribution in [1.82, 2.24) is 20.0 Å². The van der Waals surface area contributed by atoms with E-state index in [0.717, 1.165) is 49.3 Å². The second-order valence-corrected chi connectivity index (χ2v) is 7.84. The molecule has 1 atom stereocenters. The molecule has 3 aromatic rings. The van der Waals surface area contributed by atoms with Crippen molar-refractivity contribution in [2.45, 2.75) is 38.0 Å². The van der Waals surface area contributed by atoms with Gasteiger partial charge in [-0.15, -0.1) is 0 Å². The third-order valence-electron chi connectivity index (χ3n) is 6.01. The van der Waals surface area contributed by atoms with Gasteiger partial charge in [0.15, 0.2) is 0 Å². The van der Waals surface area contributed by atoms with Crippen molar-refractivity contribution in [2.24, 2.45) is 0 Å². The van der Waals surface area contributed by atoms with Gasteiger partial charge in [0.2, 0.25) is 5.76 Å². The SMILES string of the molecule is Cc1ncc2c(n1)C1(CCCN(C(=O)c3cc(-c4ccccc4)no3)C1)CC2. The highest BCUT2D eigenvalue weighted by atomic mass is 16.5. The fourth-order valence-corrected chi connectivity index (χ4v) is 4.61. The number of carbonyl (C=O) groups excluding carboxylic acids is 1. The van der Waals surface area contributed by atoms with E-state index in [1.54, 1.807) is 6.07 Å². The molecule has 3 heterocycles. The maximum atomic E-state index is 13.1. The monoisotopic (exact) mass is 374 g/mol. The summed E-state index contributed by atoms with van der Waals surface area (Å²) in [6.07, 6.45) is 5.99. The Balaban J connectivity index is 1.40. The summed E-state index contributed by atoms with van der Waals surface area (Å²) < 4.78 is 5.41. The lowest BCUT2D eigenvalue weighted by atomic mass is 9.77. The molecule has 1 aliphatic carbocycles. The summed E-state index contributed by atoms with van der Waals surface area (Å²) in [5, 5.41) is 4.10. The molecule has 1 unspecified atom stereocenters. The molecule has 6 heteroatoms. The molecule has 5 rings (SSSR count). The number of aryl methyl sites for hydroxylation is 2.